The highest BCUT2D eigenvalue weighted by Gasteiger charge is 2.22. The van der Waals surface area contributed by atoms with Crippen LogP contribution in [0.2, 0.25) is 0 Å². The molecule has 0 N–H and O–H groups in total. The summed E-state index contributed by atoms with van der Waals surface area (Å²) < 4.78 is 11.3. The fourth-order valence-corrected chi connectivity index (χ4v) is 2.94. The third-order valence-corrected chi connectivity index (χ3v) is 4.31. The molecular weight excluding hydrogens is 290 g/mol. The summed E-state index contributed by atoms with van der Waals surface area (Å²) in [6.07, 6.45) is 3.37. The number of hydrogen-bond donors (Lipinski definition) is 0. The number of ether oxygens (including phenoxy) is 1. The van der Waals surface area contributed by atoms with Crippen molar-refractivity contribution in [2.24, 2.45) is 0 Å². The van der Waals surface area contributed by atoms with Crippen molar-refractivity contribution < 1.29 is 9.26 Å². The van der Waals surface area contributed by atoms with E-state index in [1.165, 1.54) is 13.0 Å². The van der Waals surface area contributed by atoms with Crippen LogP contribution in [0.1, 0.15) is 32.5 Å². The summed E-state index contributed by atoms with van der Waals surface area (Å²) in [6, 6.07) is 10.4. The van der Waals surface area contributed by atoms with Gasteiger partial charge in [0.25, 0.3) is 5.89 Å². The third-order valence-electron chi connectivity index (χ3n) is 4.31. The van der Waals surface area contributed by atoms with E-state index >= 15 is 0 Å². The maximum atomic E-state index is 6.02. The minimum absolute atomic E-state index is 0.326. The topological polar surface area (TPSA) is 51.4 Å². The molecule has 1 aromatic heterocycles. The van der Waals surface area contributed by atoms with Gasteiger partial charge in [-0.2, -0.15) is 4.98 Å². The summed E-state index contributed by atoms with van der Waals surface area (Å²) in [4.78, 5) is 6.92. The van der Waals surface area contributed by atoms with E-state index in [1.807, 2.05) is 30.3 Å². The molecule has 0 bridgehead atoms. The molecule has 1 aliphatic heterocycles. The lowest BCUT2D eigenvalue weighted by Crippen LogP contribution is -2.43. The van der Waals surface area contributed by atoms with Crippen molar-refractivity contribution in [1.29, 1.82) is 0 Å². The molecule has 5 nitrogen and oxygen atoms in total. The predicted octanol–water partition coefficient (Wildman–Crippen LogP) is 3.17. The molecule has 1 aromatic carbocycles. The highest BCUT2D eigenvalue weighted by atomic mass is 16.5. The first kappa shape index (κ1) is 16.1. The lowest BCUT2D eigenvalue weighted by Gasteiger charge is -2.35. The molecule has 0 amide bonds. The van der Waals surface area contributed by atoms with Gasteiger partial charge in [-0.15, -0.1) is 0 Å². The van der Waals surface area contributed by atoms with Gasteiger partial charge in [0.05, 0.1) is 12.7 Å². The van der Waals surface area contributed by atoms with Crippen LogP contribution in [0.4, 0.5) is 0 Å². The standard InChI is InChI=1S/C18H25N3O2/c1-14(2)21-11-6-9-16(13-21)22-12-10-17-19-18(23-20-17)15-7-4-3-5-8-15/h3-5,7-8,14,16H,6,9-13H2,1-2H3. The Labute approximate surface area is 137 Å². The molecule has 0 aliphatic carbocycles. The molecular formula is C18H25N3O2. The first-order valence-electron chi connectivity index (χ1n) is 8.46. The lowest BCUT2D eigenvalue weighted by molar-refractivity contribution is -0.00782. The Morgan fingerprint density at radius 2 is 2.13 bits per heavy atom. The van der Waals surface area contributed by atoms with Crippen LogP contribution in [0, 0.1) is 0 Å². The Hall–Kier alpha value is -1.72. The monoisotopic (exact) mass is 315 g/mol. The molecule has 1 saturated heterocycles. The van der Waals surface area contributed by atoms with E-state index in [-0.39, 0.29) is 0 Å². The van der Waals surface area contributed by atoms with Gasteiger partial charge in [-0.05, 0) is 45.4 Å². The van der Waals surface area contributed by atoms with Crippen molar-refractivity contribution in [2.75, 3.05) is 19.7 Å². The number of aromatic nitrogens is 2. The van der Waals surface area contributed by atoms with E-state index in [2.05, 4.69) is 28.9 Å². The molecule has 23 heavy (non-hydrogen) atoms. The minimum atomic E-state index is 0.326. The number of nitrogens with zero attached hydrogens (tertiary/aromatic N) is 3. The van der Waals surface area contributed by atoms with Gasteiger partial charge >= 0.3 is 0 Å². The molecule has 2 heterocycles. The van der Waals surface area contributed by atoms with E-state index in [0.29, 0.717) is 36.9 Å². The SMILES string of the molecule is CC(C)N1CCCC(OCCc2noc(-c3ccccc3)n2)C1. The van der Waals surface area contributed by atoms with Crippen LogP contribution in [0.3, 0.4) is 0 Å². The highest BCUT2D eigenvalue weighted by molar-refractivity contribution is 5.51. The zero-order valence-corrected chi connectivity index (χ0v) is 13.9. The second kappa shape index (κ2) is 7.70. The van der Waals surface area contributed by atoms with Gasteiger partial charge in [0, 0.05) is 24.6 Å². The Balaban J connectivity index is 1.47. The summed E-state index contributed by atoms with van der Waals surface area (Å²) in [7, 11) is 0. The molecule has 0 spiro atoms. The molecule has 1 atom stereocenters. The Morgan fingerprint density at radius 1 is 1.30 bits per heavy atom. The van der Waals surface area contributed by atoms with Crippen LogP contribution in [0.5, 0.6) is 0 Å². The summed E-state index contributed by atoms with van der Waals surface area (Å²) >= 11 is 0. The number of benzene rings is 1. The van der Waals surface area contributed by atoms with Gasteiger partial charge in [-0.3, -0.25) is 4.90 Å². The zero-order valence-electron chi connectivity index (χ0n) is 13.9. The van der Waals surface area contributed by atoms with Gasteiger partial charge in [0.15, 0.2) is 5.82 Å². The third kappa shape index (κ3) is 4.39. The van der Waals surface area contributed by atoms with Crippen molar-refractivity contribution in [2.45, 2.75) is 45.3 Å². The van der Waals surface area contributed by atoms with Gasteiger partial charge in [0.2, 0.25) is 0 Å². The average molecular weight is 315 g/mol. The van der Waals surface area contributed by atoms with E-state index in [4.69, 9.17) is 9.26 Å². The molecule has 5 heteroatoms. The van der Waals surface area contributed by atoms with E-state index in [9.17, 15) is 0 Å². The number of likely N-dealkylation sites (tertiary alicyclic amines) is 1. The van der Waals surface area contributed by atoms with Crippen molar-refractivity contribution >= 4 is 0 Å². The largest absolute Gasteiger partial charge is 0.376 e. The van der Waals surface area contributed by atoms with Crippen molar-refractivity contribution in [3.63, 3.8) is 0 Å². The van der Waals surface area contributed by atoms with Crippen LogP contribution in [-0.4, -0.2) is 46.9 Å². The number of piperidine rings is 1. The average Bonchev–Trinajstić information content (AvgIpc) is 3.05. The lowest BCUT2D eigenvalue weighted by atomic mass is 10.1. The predicted molar refractivity (Wildman–Crippen MR) is 89.1 cm³/mol. The molecule has 1 unspecified atom stereocenters. The zero-order chi connectivity index (χ0) is 16.1. The van der Waals surface area contributed by atoms with Crippen LogP contribution in [-0.2, 0) is 11.2 Å². The van der Waals surface area contributed by atoms with Crippen LogP contribution < -0.4 is 0 Å². The Bertz CT molecular complexity index is 597. The molecule has 1 aliphatic rings. The molecule has 1 fully saturated rings. The molecule has 124 valence electrons. The van der Waals surface area contributed by atoms with Crippen LogP contribution >= 0.6 is 0 Å². The fraction of sp³-hybridized carbons (Fsp3) is 0.556. The Kier molecular flexibility index (Phi) is 5.41. The quantitative estimate of drug-likeness (QED) is 0.819. The molecule has 2 aromatic rings. The van der Waals surface area contributed by atoms with Crippen molar-refractivity contribution in [1.82, 2.24) is 15.0 Å². The highest BCUT2D eigenvalue weighted by Crippen LogP contribution is 2.17. The normalized spacial score (nSPS) is 19.3. The van der Waals surface area contributed by atoms with Crippen LogP contribution in [0.25, 0.3) is 11.5 Å². The maximum Gasteiger partial charge on any atom is 0.257 e. The van der Waals surface area contributed by atoms with Crippen LogP contribution in [0.15, 0.2) is 34.9 Å². The molecule has 3 rings (SSSR count). The van der Waals surface area contributed by atoms with E-state index < -0.39 is 0 Å². The number of rotatable bonds is 6. The van der Waals surface area contributed by atoms with Gasteiger partial charge < -0.3 is 9.26 Å². The maximum absolute atomic E-state index is 6.02. The van der Waals surface area contributed by atoms with Gasteiger partial charge in [0.1, 0.15) is 0 Å². The van der Waals surface area contributed by atoms with Crippen molar-refractivity contribution in [3.8, 4) is 11.5 Å². The van der Waals surface area contributed by atoms with E-state index in [0.717, 1.165) is 18.5 Å². The minimum Gasteiger partial charge on any atom is -0.376 e. The summed E-state index contributed by atoms with van der Waals surface area (Å²) in [5.74, 6) is 1.28. The molecule has 0 saturated carbocycles. The second-order valence-corrected chi connectivity index (χ2v) is 6.36. The fourth-order valence-electron chi connectivity index (χ4n) is 2.94. The summed E-state index contributed by atoms with van der Waals surface area (Å²) in [5, 5.41) is 4.04. The van der Waals surface area contributed by atoms with Gasteiger partial charge in [-0.25, -0.2) is 0 Å². The first-order valence-corrected chi connectivity index (χ1v) is 8.46. The summed E-state index contributed by atoms with van der Waals surface area (Å²) in [5.41, 5.74) is 0.951. The smallest absolute Gasteiger partial charge is 0.257 e. The van der Waals surface area contributed by atoms with Gasteiger partial charge in [-0.1, -0.05) is 23.4 Å². The second-order valence-electron chi connectivity index (χ2n) is 6.36. The summed E-state index contributed by atoms with van der Waals surface area (Å²) in [6.45, 7) is 7.34. The molecule has 0 radical (unpaired) electrons. The number of hydrogen-bond acceptors (Lipinski definition) is 5. The first-order chi connectivity index (χ1) is 11.2. The Morgan fingerprint density at radius 3 is 2.91 bits per heavy atom. The van der Waals surface area contributed by atoms with E-state index in [1.54, 1.807) is 0 Å². The van der Waals surface area contributed by atoms with Crippen molar-refractivity contribution in [3.05, 3.63) is 36.2 Å².